The Kier molecular flexibility index (Phi) is 62.1. The number of halogens is 2. The van der Waals surface area contributed by atoms with Crippen LogP contribution in [0, 0.1) is 24.7 Å². The maximum absolute atomic E-state index is 11.1. The molecule has 12 N–H and O–H groups in total. The van der Waals surface area contributed by atoms with E-state index in [1.54, 1.807) is 68.6 Å². The fourth-order valence-corrected chi connectivity index (χ4v) is 4.78. The Balaban J connectivity index is -0.000000181. The number of terminal acetylenes is 2. The van der Waals surface area contributed by atoms with E-state index < -0.39 is 11.9 Å². The first-order chi connectivity index (χ1) is 34.4. The number of alkyl halides is 1. The molecule has 0 aliphatic carbocycles. The quantitative estimate of drug-likeness (QED) is 0.0210. The Morgan fingerprint density at radius 3 is 1.28 bits per heavy atom. The molecule has 5 rings (SSSR count). The van der Waals surface area contributed by atoms with Crippen LogP contribution < -0.4 is 11.6 Å². The maximum atomic E-state index is 11.1. The molecule has 0 unspecified atom stereocenters. The average Bonchev–Trinajstić information content (AvgIpc) is 4.25. The summed E-state index contributed by atoms with van der Waals surface area (Å²) in [6.45, 7) is 11.4. The molecule has 0 saturated heterocycles. The number of aromatic amines is 5. The molecule has 0 aliphatic heterocycles. The predicted molar refractivity (Wildman–Crippen MR) is 286 cm³/mol. The second kappa shape index (κ2) is 57.9. The summed E-state index contributed by atoms with van der Waals surface area (Å²) in [6, 6.07) is 9.36. The number of carbonyl (C=O) groups is 2. The Morgan fingerprint density at radius 2 is 0.986 bits per heavy atom. The molecule has 422 valence electrons. The third kappa shape index (κ3) is 44.7. The largest absolute Gasteiger partial charge is 0.461 e. The van der Waals surface area contributed by atoms with Crippen LogP contribution in [0.2, 0.25) is 0 Å². The van der Waals surface area contributed by atoms with Crippen LogP contribution in [0.15, 0.2) is 30.3 Å². The van der Waals surface area contributed by atoms with E-state index in [0.717, 1.165) is 77.4 Å². The first kappa shape index (κ1) is 79.4. The van der Waals surface area contributed by atoms with Crippen LogP contribution in [0.5, 0.6) is 0 Å². The predicted octanol–water partition coefficient (Wildman–Crippen LogP) is 4.57. The maximum Gasteiger partial charge on any atom is 0.395 e. The van der Waals surface area contributed by atoms with Crippen LogP contribution in [0.1, 0.15) is 110 Å². The molecular weight excluding hydrogens is 1010 g/mol. The highest BCUT2D eigenvalue weighted by molar-refractivity contribution is 6.20. The zero-order valence-corrected chi connectivity index (χ0v) is 45.6. The van der Waals surface area contributed by atoms with Crippen molar-refractivity contribution in [3.05, 3.63) is 87.3 Å². The van der Waals surface area contributed by atoms with Crippen LogP contribution in [0.3, 0.4) is 0 Å². The van der Waals surface area contributed by atoms with Gasteiger partial charge in [0.15, 0.2) is 5.69 Å². The van der Waals surface area contributed by atoms with Crippen LogP contribution in [-0.4, -0.2) is 148 Å². The van der Waals surface area contributed by atoms with Gasteiger partial charge in [-0.05, 0) is 57.0 Å². The number of aliphatic hydroxyl groups excluding tert-OH is 2. The van der Waals surface area contributed by atoms with Gasteiger partial charge in [0.05, 0.1) is 110 Å². The topological polar surface area (TPSA) is 352 Å². The SMILES string of the molecule is C.C#CCO.C#CCOC.CCCc1cc(COC)[nH]n1.CCCc1cc(COC)[nH]n1.CCOC(=O)C=[NH2+].CCOC(=O)c1cc(COC)[nH]n1.COCc1cc(CCl)[nH]n1.COCc1cc(CO)n[nH]1.Cl.N. The molecule has 0 aliphatic rings. The van der Waals surface area contributed by atoms with Crippen molar-refractivity contribution in [2.75, 3.05) is 69.1 Å². The van der Waals surface area contributed by atoms with Crippen molar-refractivity contribution in [1.82, 2.24) is 57.1 Å². The number of aryl methyl sites for hydroxylation is 2. The number of hydrogen-bond acceptors (Lipinski definition) is 18. The molecule has 0 amide bonds. The van der Waals surface area contributed by atoms with E-state index in [1.165, 1.54) is 0 Å². The smallest absolute Gasteiger partial charge is 0.395 e. The summed E-state index contributed by atoms with van der Waals surface area (Å²) in [4.78, 5) is 21.1. The summed E-state index contributed by atoms with van der Waals surface area (Å²) in [5.41, 5.74) is 8.73. The van der Waals surface area contributed by atoms with Crippen molar-refractivity contribution >= 4 is 42.2 Å². The Morgan fingerprint density at radius 1 is 0.608 bits per heavy atom. The summed E-state index contributed by atoms with van der Waals surface area (Å²) >= 11 is 5.53. The molecule has 5 heterocycles. The van der Waals surface area contributed by atoms with Crippen molar-refractivity contribution in [3.63, 3.8) is 0 Å². The average molecular weight is 1090 g/mol. The number of rotatable bonds is 21. The number of hydrogen-bond donors (Lipinski definition) is 9. The number of aromatic nitrogens is 10. The molecule has 0 aromatic carbocycles. The number of nitrogens with one attached hydrogen (secondary N) is 5. The molecular formula is C48H85Cl2N12O12+. The normalized spacial score (nSPS) is 9.01. The van der Waals surface area contributed by atoms with Gasteiger partial charge in [-0.25, -0.2) is 9.59 Å². The van der Waals surface area contributed by atoms with Gasteiger partial charge in [0.25, 0.3) is 0 Å². The minimum Gasteiger partial charge on any atom is -0.461 e. The number of H-pyrrole nitrogens is 5. The molecule has 0 radical (unpaired) electrons. The van der Waals surface area contributed by atoms with Crippen LogP contribution in [0.4, 0.5) is 0 Å². The highest BCUT2D eigenvalue weighted by atomic mass is 35.5. The fraction of sp³-hybridized carbons (Fsp3) is 0.542. The van der Waals surface area contributed by atoms with Gasteiger partial charge in [-0.3, -0.25) is 30.9 Å². The summed E-state index contributed by atoms with van der Waals surface area (Å²) in [7, 11) is 9.75. The van der Waals surface area contributed by atoms with E-state index in [2.05, 4.69) is 86.7 Å². The van der Waals surface area contributed by atoms with E-state index in [1.807, 2.05) is 24.1 Å². The van der Waals surface area contributed by atoms with E-state index in [4.69, 9.17) is 62.1 Å². The molecule has 74 heavy (non-hydrogen) atoms. The zero-order chi connectivity index (χ0) is 53.9. The second-order valence-corrected chi connectivity index (χ2v) is 13.7. The van der Waals surface area contributed by atoms with Gasteiger partial charge >= 0.3 is 11.9 Å². The van der Waals surface area contributed by atoms with Gasteiger partial charge in [-0.2, -0.15) is 25.5 Å². The molecule has 26 heteroatoms. The number of nitrogens with two attached hydrogens (primary N) is 1. The van der Waals surface area contributed by atoms with Gasteiger partial charge in [0.1, 0.15) is 13.2 Å². The molecule has 0 bridgehead atoms. The van der Waals surface area contributed by atoms with Crippen molar-refractivity contribution in [2.45, 2.75) is 106 Å². The minimum atomic E-state index is -0.470. The zero-order valence-electron chi connectivity index (χ0n) is 44.0. The van der Waals surface area contributed by atoms with Gasteiger partial charge < -0.3 is 54.3 Å². The molecule has 0 fully saturated rings. The number of aliphatic hydroxyl groups is 2. The molecule has 0 atom stereocenters. The summed E-state index contributed by atoms with van der Waals surface area (Å²) in [6.07, 6.45) is 14.5. The van der Waals surface area contributed by atoms with Crippen LogP contribution in [-0.2, 0) is 101 Å². The molecule has 0 spiro atoms. The lowest BCUT2D eigenvalue weighted by Crippen LogP contribution is -2.34. The van der Waals surface area contributed by atoms with Crippen LogP contribution >= 0.6 is 24.0 Å². The third-order valence-corrected chi connectivity index (χ3v) is 7.69. The van der Waals surface area contributed by atoms with Gasteiger partial charge in [-0.15, -0.1) is 36.9 Å². The standard InChI is InChI=1S/C8H12N2O3.2C8H14N2O.C6H9ClN2O.C6H10N2O2.C4H7NO2.C4H6O.C3H4O.CH4.ClH.H3N/c1-3-13-8(11)7-4-6(5-12-2)9-10-7;2*1-3-4-7-5-8(6-11-2)10-9-7;1-10-4-6-2-5(3-7)8-9-6;1-10-4-6-2-5(3-9)7-8-6;1-2-7-4(6)3-5;1-3-4-5-2;1-2-3-4;;;/h4H,3,5H2,1-2H3,(H,9,10);2*5H,3-4,6H2,1-2H3,(H,9,10);2H,3-4H2,1H3,(H,8,9);2,9H,3-4H2,1H3,(H,7,8);3,5H,2H2,1H3;1H,4H2,2H3;1,4H,3H2;1H4;1H;1H3/p+1. The summed E-state index contributed by atoms with van der Waals surface area (Å²) < 4.78 is 38.0. The number of ether oxygens (including phenoxy) is 8. The van der Waals surface area contributed by atoms with Crippen molar-refractivity contribution < 1.29 is 63.1 Å². The highest BCUT2D eigenvalue weighted by Crippen LogP contribution is 2.06. The van der Waals surface area contributed by atoms with Crippen molar-refractivity contribution in [2.24, 2.45) is 0 Å². The van der Waals surface area contributed by atoms with E-state index in [9.17, 15) is 9.59 Å². The molecule has 5 aromatic heterocycles. The van der Waals surface area contributed by atoms with Gasteiger partial charge in [0.2, 0.25) is 6.21 Å². The Bertz CT molecular complexity index is 1970. The monoisotopic (exact) mass is 1090 g/mol. The first-order valence-electron chi connectivity index (χ1n) is 22.0. The Hall–Kier alpha value is -6.00. The molecule has 5 aromatic rings. The third-order valence-electron chi connectivity index (χ3n) is 7.40. The lowest BCUT2D eigenvalue weighted by molar-refractivity contribution is -0.148. The van der Waals surface area contributed by atoms with Gasteiger partial charge in [0, 0.05) is 42.7 Å². The summed E-state index contributed by atoms with van der Waals surface area (Å²) in [5, 5.41) is 54.8. The van der Waals surface area contributed by atoms with Crippen molar-refractivity contribution in [1.29, 1.82) is 0 Å². The number of methoxy groups -OCH3 is 6. The number of nitrogens with zero attached hydrogens (tertiary/aromatic N) is 5. The van der Waals surface area contributed by atoms with Crippen LogP contribution in [0.25, 0.3) is 0 Å². The highest BCUT2D eigenvalue weighted by Gasteiger charge is 2.10. The van der Waals surface area contributed by atoms with Gasteiger partial charge in [-0.1, -0.05) is 46.0 Å². The van der Waals surface area contributed by atoms with E-state index in [0.29, 0.717) is 64.4 Å². The van der Waals surface area contributed by atoms with Crippen molar-refractivity contribution in [3.8, 4) is 24.7 Å². The fourth-order valence-electron chi connectivity index (χ4n) is 4.64. The summed E-state index contributed by atoms with van der Waals surface area (Å²) in [5.74, 6) is 3.86. The minimum absolute atomic E-state index is 0. The number of esters is 2. The number of carbonyl (C=O) groups excluding carboxylic acids is 2. The van der Waals surface area contributed by atoms with E-state index in [-0.39, 0.29) is 44.9 Å². The Labute approximate surface area is 448 Å². The molecule has 0 saturated carbocycles. The lowest BCUT2D eigenvalue weighted by atomic mass is 10.2. The first-order valence-corrected chi connectivity index (χ1v) is 22.5. The van der Waals surface area contributed by atoms with E-state index >= 15 is 0 Å². The lowest BCUT2D eigenvalue weighted by Gasteiger charge is -1.95. The second-order valence-electron chi connectivity index (χ2n) is 13.4. The molecule has 24 nitrogen and oxygen atoms in total.